The second kappa shape index (κ2) is 19.3. The zero-order valence-corrected chi connectivity index (χ0v) is 35.1. The molecule has 2 saturated heterocycles. The van der Waals surface area contributed by atoms with E-state index in [1.54, 1.807) is 11.8 Å². The Morgan fingerprint density at radius 2 is 1.59 bits per heavy atom. The Balaban J connectivity index is 0.00000186. The van der Waals surface area contributed by atoms with Crippen molar-refractivity contribution in [3.63, 3.8) is 0 Å². The average molecular weight is 763 g/mol. The minimum atomic E-state index is -1.54. The molecule has 4 aliphatic rings. The van der Waals surface area contributed by atoms with Gasteiger partial charge in [0.25, 0.3) is 0 Å². The summed E-state index contributed by atoms with van der Waals surface area (Å²) in [5, 5.41) is 19.1. The molecule has 6 atom stereocenters. The van der Waals surface area contributed by atoms with Gasteiger partial charge in [0, 0.05) is 19.6 Å². The molecule has 2 heterocycles. The van der Waals surface area contributed by atoms with E-state index in [0.29, 0.717) is 45.5 Å². The summed E-state index contributed by atoms with van der Waals surface area (Å²) in [6.07, 6.45) is 7.52. The molecule has 0 aromatic heterocycles. The summed E-state index contributed by atoms with van der Waals surface area (Å²) in [7, 11) is 0. The molecule has 54 heavy (non-hydrogen) atoms. The molecule has 6 unspecified atom stereocenters. The van der Waals surface area contributed by atoms with Crippen LogP contribution in [0.1, 0.15) is 140 Å². The Labute approximate surface area is 325 Å². The highest BCUT2D eigenvalue weighted by atomic mass is 16.5. The molecular formula is C41H74N6O7. The summed E-state index contributed by atoms with van der Waals surface area (Å²) < 4.78 is 5.89. The van der Waals surface area contributed by atoms with Gasteiger partial charge in [0.05, 0.1) is 18.2 Å². The summed E-state index contributed by atoms with van der Waals surface area (Å²) in [4.78, 5) is 70.5. The van der Waals surface area contributed by atoms with Crippen molar-refractivity contribution in [2.45, 2.75) is 176 Å². The van der Waals surface area contributed by atoms with E-state index in [1.165, 1.54) is 4.90 Å². The van der Waals surface area contributed by atoms with E-state index in [2.05, 4.69) is 57.5 Å². The maximum atomic E-state index is 14.1. The molecule has 0 bridgehead atoms. The largest absolute Gasteiger partial charge is 0.381 e. The van der Waals surface area contributed by atoms with Crippen LogP contribution in [0.2, 0.25) is 0 Å². The molecule has 2 aliphatic carbocycles. The molecule has 6 N–H and O–H groups in total. The first kappa shape index (κ1) is 45.5. The van der Waals surface area contributed by atoms with Crippen molar-refractivity contribution in [2.75, 3.05) is 26.2 Å². The number of aliphatic hydroxyl groups excluding tert-OH is 1. The maximum absolute atomic E-state index is 14.1. The van der Waals surface area contributed by atoms with Crippen LogP contribution in [-0.4, -0.2) is 107 Å². The average Bonchev–Trinajstić information content (AvgIpc) is 3.62. The first-order chi connectivity index (χ1) is 25.1. The molecule has 0 aromatic carbocycles. The van der Waals surface area contributed by atoms with Crippen LogP contribution in [0.3, 0.4) is 0 Å². The van der Waals surface area contributed by atoms with E-state index in [0.717, 1.165) is 57.3 Å². The van der Waals surface area contributed by atoms with E-state index < -0.39 is 54.0 Å². The van der Waals surface area contributed by atoms with Crippen LogP contribution < -0.4 is 21.7 Å². The number of nitrogens with zero attached hydrogens (tertiary/aromatic N) is 2. The zero-order chi connectivity index (χ0) is 40.6. The molecule has 13 nitrogen and oxygen atoms in total. The van der Waals surface area contributed by atoms with Gasteiger partial charge in [0.15, 0.2) is 6.10 Å². The Hall–Kier alpha value is -2.93. The number of hydrogen-bond acceptors (Lipinski definition) is 7. The fourth-order valence-electron chi connectivity index (χ4n) is 7.78. The second-order valence-corrected chi connectivity index (χ2v) is 19.2. The topological polar surface area (TPSA) is 183 Å². The van der Waals surface area contributed by atoms with Gasteiger partial charge >= 0.3 is 6.03 Å². The van der Waals surface area contributed by atoms with Crippen LogP contribution in [0.5, 0.6) is 0 Å². The molecule has 0 aromatic rings. The molecule has 4 fully saturated rings. The maximum Gasteiger partial charge on any atom is 0.316 e. The SMILES string of the molecule is CC(C)C.CCCCC(C)(C)C1CC(C(=O)NC(CC2CCC2)C(O)C(N)=O)N(C(=O)C(C)NC(=O)NC(CC(C)(C)C)C(=O)N2CCOC3(CC3)C2)C1. The molecular weight excluding hydrogens is 688 g/mol. The third-order valence-corrected chi connectivity index (χ3v) is 11.5. The van der Waals surface area contributed by atoms with Crippen molar-refractivity contribution >= 4 is 29.7 Å². The molecule has 2 aliphatic heterocycles. The van der Waals surface area contributed by atoms with Gasteiger partial charge in [0.2, 0.25) is 23.6 Å². The molecule has 6 amide bonds. The van der Waals surface area contributed by atoms with Gasteiger partial charge in [-0.05, 0) is 74.0 Å². The lowest BCUT2D eigenvalue weighted by Gasteiger charge is -2.37. The highest BCUT2D eigenvalue weighted by molar-refractivity contribution is 5.93. The van der Waals surface area contributed by atoms with Crippen molar-refractivity contribution in [1.82, 2.24) is 25.8 Å². The summed E-state index contributed by atoms with van der Waals surface area (Å²) in [6.45, 7) is 22.3. The number of likely N-dealkylation sites (tertiary alicyclic amines) is 1. The van der Waals surface area contributed by atoms with Crippen molar-refractivity contribution in [1.29, 1.82) is 0 Å². The number of rotatable bonds is 15. The molecule has 13 heteroatoms. The number of primary amides is 1. The summed E-state index contributed by atoms with van der Waals surface area (Å²) in [5.74, 6) is -0.790. The number of morpholine rings is 1. The lowest BCUT2D eigenvalue weighted by Crippen LogP contribution is -2.59. The predicted molar refractivity (Wildman–Crippen MR) is 210 cm³/mol. The molecule has 1 spiro atoms. The smallest absolute Gasteiger partial charge is 0.316 e. The second-order valence-electron chi connectivity index (χ2n) is 19.2. The van der Waals surface area contributed by atoms with E-state index in [-0.39, 0.29) is 34.2 Å². The van der Waals surface area contributed by atoms with Crippen LogP contribution in [0.25, 0.3) is 0 Å². The number of carbonyl (C=O) groups excluding carboxylic acids is 5. The normalized spacial score (nSPS) is 23.3. The molecule has 310 valence electrons. The molecule has 0 radical (unpaired) electrons. The summed E-state index contributed by atoms with van der Waals surface area (Å²) in [5.41, 5.74) is 4.79. The Bertz CT molecular complexity index is 1290. The standard InChI is InChI=1S/C37H64N6O7.C4H10/c1-8-9-13-36(6,7)25-19-28(31(46)40-26(29(44)30(38)45)18-24-11-10-12-24)43(21-25)32(47)23(2)39-34(49)41-27(20-35(3,4)5)33(48)42-16-17-50-37(22-42)14-15-37;1-4(2)3/h23-29,44H,8-22H2,1-7H3,(H2,38,45)(H,40,46)(H2,39,41,49);4H,1-3H3. The van der Waals surface area contributed by atoms with Crippen LogP contribution in [0.4, 0.5) is 4.79 Å². The van der Waals surface area contributed by atoms with Gasteiger partial charge in [-0.2, -0.15) is 0 Å². The molecule has 4 rings (SSSR count). The third-order valence-electron chi connectivity index (χ3n) is 11.5. The number of aliphatic hydroxyl groups is 1. The fourth-order valence-corrected chi connectivity index (χ4v) is 7.78. The van der Waals surface area contributed by atoms with Crippen molar-refractivity contribution < 1.29 is 33.8 Å². The first-order valence-electron chi connectivity index (χ1n) is 20.7. The Morgan fingerprint density at radius 1 is 0.963 bits per heavy atom. The lowest BCUT2D eigenvalue weighted by atomic mass is 9.74. The number of ether oxygens (including phenoxy) is 1. The number of nitrogens with one attached hydrogen (secondary N) is 3. The number of amides is 6. The van der Waals surface area contributed by atoms with Gasteiger partial charge in [-0.3, -0.25) is 19.2 Å². The summed E-state index contributed by atoms with van der Waals surface area (Å²) in [6, 6.07) is -4.11. The van der Waals surface area contributed by atoms with Gasteiger partial charge in [-0.15, -0.1) is 0 Å². The Morgan fingerprint density at radius 3 is 2.11 bits per heavy atom. The van der Waals surface area contributed by atoms with E-state index in [9.17, 15) is 29.1 Å². The highest BCUT2D eigenvalue weighted by Crippen LogP contribution is 2.43. The first-order valence-corrected chi connectivity index (χ1v) is 20.7. The number of nitrogens with two attached hydrogens (primary N) is 1. The monoisotopic (exact) mass is 763 g/mol. The minimum Gasteiger partial charge on any atom is -0.381 e. The van der Waals surface area contributed by atoms with Crippen molar-refractivity contribution in [3.8, 4) is 0 Å². The van der Waals surface area contributed by atoms with E-state index >= 15 is 0 Å². The van der Waals surface area contributed by atoms with Gasteiger partial charge in [0.1, 0.15) is 18.1 Å². The lowest BCUT2D eigenvalue weighted by molar-refractivity contribution is -0.143. The van der Waals surface area contributed by atoms with Crippen LogP contribution in [0, 0.1) is 28.6 Å². The van der Waals surface area contributed by atoms with Crippen LogP contribution in [-0.2, 0) is 23.9 Å². The number of hydrogen-bond donors (Lipinski definition) is 5. The number of urea groups is 1. The highest BCUT2D eigenvalue weighted by Gasteiger charge is 2.50. The predicted octanol–water partition coefficient (Wildman–Crippen LogP) is 4.49. The third kappa shape index (κ3) is 13.4. The summed E-state index contributed by atoms with van der Waals surface area (Å²) >= 11 is 0. The van der Waals surface area contributed by atoms with E-state index in [4.69, 9.17) is 10.5 Å². The van der Waals surface area contributed by atoms with Crippen molar-refractivity contribution in [3.05, 3.63) is 0 Å². The van der Waals surface area contributed by atoms with Gasteiger partial charge in [-0.1, -0.05) is 94.4 Å². The fraction of sp³-hybridized carbons (Fsp3) is 0.878. The van der Waals surface area contributed by atoms with Crippen LogP contribution in [0.15, 0.2) is 0 Å². The Kier molecular flexibility index (Phi) is 16.2. The quantitative estimate of drug-likeness (QED) is 0.163. The minimum absolute atomic E-state index is 0.0120. The zero-order valence-electron chi connectivity index (χ0n) is 35.1. The number of carbonyl (C=O) groups is 5. The van der Waals surface area contributed by atoms with Gasteiger partial charge in [-0.25, -0.2) is 4.79 Å². The molecule has 2 saturated carbocycles. The van der Waals surface area contributed by atoms with Gasteiger partial charge < -0.3 is 41.3 Å². The van der Waals surface area contributed by atoms with Crippen LogP contribution >= 0.6 is 0 Å². The van der Waals surface area contributed by atoms with E-state index in [1.807, 2.05) is 20.8 Å². The van der Waals surface area contributed by atoms with Crippen molar-refractivity contribution in [2.24, 2.45) is 34.3 Å². The number of unbranched alkanes of at least 4 members (excludes halogenated alkanes) is 1.